The molecule has 4 rings (SSSR count). The number of carbonyl (C=O) groups is 2. The molecule has 0 unspecified atom stereocenters. The minimum Gasteiger partial charge on any atom is -0.465 e. The Kier molecular flexibility index (Phi) is 4.74. The highest BCUT2D eigenvalue weighted by molar-refractivity contribution is 5.92. The van der Waals surface area contributed by atoms with Crippen LogP contribution in [-0.4, -0.2) is 39.1 Å². The third kappa shape index (κ3) is 3.49. The monoisotopic (exact) mass is 370 g/mol. The second-order valence-electron chi connectivity index (χ2n) is 6.80. The average molecular weight is 370 g/mol. The van der Waals surface area contributed by atoms with E-state index in [4.69, 9.17) is 4.74 Å². The molecule has 27 heavy (non-hydrogen) atoms. The Balaban J connectivity index is 1.44. The Morgan fingerprint density at radius 1 is 1.19 bits per heavy atom. The molecule has 0 saturated heterocycles. The van der Waals surface area contributed by atoms with E-state index in [1.807, 2.05) is 10.7 Å². The number of aromatic nitrogens is 4. The van der Waals surface area contributed by atoms with E-state index < -0.39 is 12.0 Å². The van der Waals surface area contributed by atoms with Crippen LogP contribution in [0.15, 0.2) is 6.07 Å². The van der Waals surface area contributed by atoms with Crippen LogP contribution >= 0.6 is 0 Å². The average Bonchev–Trinajstić information content (AvgIpc) is 3.29. The van der Waals surface area contributed by atoms with Gasteiger partial charge in [0, 0.05) is 6.54 Å². The van der Waals surface area contributed by atoms with Crippen molar-refractivity contribution < 1.29 is 14.3 Å². The predicted octanol–water partition coefficient (Wildman–Crippen LogP) is 1.61. The lowest BCUT2D eigenvalue weighted by molar-refractivity contribution is 0.0597. The van der Waals surface area contributed by atoms with Crippen LogP contribution in [0.4, 0.5) is 10.6 Å². The molecule has 0 bridgehead atoms. The molecule has 3 heterocycles. The van der Waals surface area contributed by atoms with Crippen molar-refractivity contribution in [1.29, 1.82) is 0 Å². The van der Waals surface area contributed by atoms with Gasteiger partial charge in [-0.2, -0.15) is 10.2 Å². The van der Waals surface area contributed by atoms with Gasteiger partial charge in [-0.3, -0.25) is 10.00 Å². The first-order valence-corrected chi connectivity index (χ1v) is 9.23. The molecule has 9 heteroatoms. The van der Waals surface area contributed by atoms with Crippen molar-refractivity contribution in [3.8, 4) is 0 Å². The summed E-state index contributed by atoms with van der Waals surface area (Å²) in [5, 5.41) is 18.1. The molecule has 1 aliphatic carbocycles. The summed E-state index contributed by atoms with van der Waals surface area (Å²) in [6, 6.07) is 1.45. The van der Waals surface area contributed by atoms with E-state index in [1.165, 1.54) is 7.11 Å². The molecule has 0 saturated carbocycles. The maximum Gasteiger partial charge on any atom is 0.341 e. The van der Waals surface area contributed by atoms with Gasteiger partial charge < -0.3 is 10.1 Å². The van der Waals surface area contributed by atoms with Crippen LogP contribution in [0.2, 0.25) is 0 Å². The summed E-state index contributed by atoms with van der Waals surface area (Å²) < 4.78 is 6.75. The van der Waals surface area contributed by atoms with Gasteiger partial charge in [-0.15, -0.1) is 5.10 Å². The van der Waals surface area contributed by atoms with Gasteiger partial charge in [0.15, 0.2) is 5.82 Å². The molecule has 2 aliphatic rings. The standard InChI is InChI=1S/C18H22N6O3/c1-27-17(25)16-13(23-24-8-3-2-7-14(16)24)10-19-18(26)20-15-9-11-5-4-6-12(11)21-22-15/h9H,2-8,10H2,1H3,(H2,19,20,22,26). The molecule has 1 aliphatic heterocycles. The second kappa shape index (κ2) is 7.34. The van der Waals surface area contributed by atoms with Gasteiger partial charge >= 0.3 is 12.0 Å². The van der Waals surface area contributed by atoms with E-state index in [1.54, 1.807) is 0 Å². The fourth-order valence-electron chi connectivity index (χ4n) is 3.72. The number of hydrogen-bond acceptors (Lipinski definition) is 6. The molecular weight excluding hydrogens is 348 g/mol. The fourth-order valence-corrected chi connectivity index (χ4v) is 3.72. The molecule has 0 radical (unpaired) electrons. The molecule has 2 amide bonds. The first kappa shape index (κ1) is 17.4. The molecule has 2 aromatic heterocycles. The number of amides is 2. The number of urea groups is 1. The maximum atomic E-state index is 12.2. The largest absolute Gasteiger partial charge is 0.465 e. The molecule has 0 fully saturated rings. The highest BCUT2D eigenvalue weighted by Gasteiger charge is 2.26. The summed E-state index contributed by atoms with van der Waals surface area (Å²) in [5.74, 6) is 0.00493. The number of anilines is 1. The molecular formula is C18H22N6O3. The SMILES string of the molecule is COC(=O)c1c(CNC(=O)Nc2cc3c(nn2)CCC3)nn2c1CCCC2. The Morgan fingerprint density at radius 3 is 2.93 bits per heavy atom. The number of esters is 1. The van der Waals surface area contributed by atoms with Crippen molar-refractivity contribution in [3.05, 3.63) is 34.3 Å². The Morgan fingerprint density at radius 2 is 2.07 bits per heavy atom. The number of rotatable bonds is 4. The van der Waals surface area contributed by atoms with Crippen LogP contribution in [0.3, 0.4) is 0 Å². The summed E-state index contributed by atoms with van der Waals surface area (Å²) in [7, 11) is 1.35. The summed E-state index contributed by atoms with van der Waals surface area (Å²) >= 11 is 0. The van der Waals surface area contributed by atoms with E-state index >= 15 is 0 Å². The zero-order valence-corrected chi connectivity index (χ0v) is 15.2. The maximum absolute atomic E-state index is 12.2. The number of ether oxygens (including phenoxy) is 1. The van der Waals surface area contributed by atoms with E-state index in [0.29, 0.717) is 17.1 Å². The first-order chi connectivity index (χ1) is 13.2. The highest BCUT2D eigenvalue weighted by Crippen LogP contribution is 2.23. The quantitative estimate of drug-likeness (QED) is 0.791. The van der Waals surface area contributed by atoms with Crippen molar-refractivity contribution in [2.45, 2.75) is 51.6 Å². The van der Waals surface area contributed by atoms with Gasteiger partial charge in [-0.1, -0.05) is 0 Å². The topological polar surface area (TPSA) is 111 Å². The van der Waals surface area contributed by atoms with Crippen LogP contribution in [0.5, 0.6) is 0 Å². The van der Waals surface area contributed by atoms with Gasteiger partial charge in [0.1, 0.15) is 5.56 Å². The van der Waals surface area contributed by atoms with E-state index in [0.717, 1.165) is 62.0 Å². The Hall–Kier alpha value is -2.97. The normalized spacial score (nSPS) is 15.0. The predicted molar refractivity (Wildman–Crippen MR) is 96.4 cm³/mol. The molecule has 0 atom stereocenters. The van der Waals surface area contributed by atoms with Gasteiger partial charge in [0.05, 0.1) is 30.7 Å². The van der Waals surface area contributed by atoms with Crippen LogP contribution in [0.1, 0.15) is 52.3 Å². The molecule has 2 aromatic rings. The number of nitrogens with zero attached hydrogens (tertiary/aromatic N) is 4. The molecule has 0 aromatic carbocycles. The molecule has 142 valence electrons. The zero-order chi connectivity index (χ0) is 18.8. The molecule has 9 nitrogen and oxygen atoms in total. The van der Waals surface area contributed by atoms with Crippen LogP contribution in [0.25, 0.3) is 0 Å². The van der Waals surface area contributed by atoms with Crippen LogP contribution in [-0.2, 0) is 37.1 Å². The van der Waals surface area contributed by atoms with Gasteiger partial charge in [0.2, 0.25) is 0 Å². The fraction of sp³-hybridized carbons (Fsp3) is 0.500. The molecule has 0 spiro atoms. The Bertz CT molecular complexity index is 891. The third-order valence-corrected chi connectivity index (χ3v) is 5.03. The summed E-state index contributed by atoms with van der Waals surface area (Å²) in [5.41, 5.74) is 4.01. The highest BCUT2D eigenvalue weighted by atomic mass is 16.5. The Labute approximate surface area is 156 Å². The smallest absolute Gasteiger partial charge is 0.341 e. The molecule has 2 N–H and O–H groups in total. The second-order valence-corrected chi connectivity index (χ2v) is 6.80. The lowest BCUT2D eigenvalue weighted by Crippen LogP contribution is -2.29. The van der Waals surface area contributed by atoms with Gasteiger partial charge in [0.25, 0.3) is 0 Å². The van der Waals surface area contributed by atoms with Crippen LogP contribution < -0.4 is 10.6 Å². The van der Waals surface area contributed by atoms with Crippen molar-refractivity contribution in [1.82, 2.24) is 25.3 Å². The third-order valence-electron chi connectivity index (χ3n) is 5.03. The lowest BCUT2D eigenvalue weighted by atomic mass is 10.0. The van der Waals surface area contributed by atoms with Crippen LogP contribution in [0, 0.1) is 0 Å². The van der Waals surface area contributed by atoms with E-state index in [9.17, 15) is 9.59 Å². The number of carbonyl (C=O) groups excluding carboxylic acids is 2. The minimum absolute atomic E-state index is 0.134. The van der Waals surface area contributed by atoms with E-state index in [-0.39, 0.29) is 6.54 Å². The number of fused-ring (bicyclic) bond motifs is 2. The van der Waals surface area contributed by atoms with Crippen molar-refractivity contribution in [2.24, 2.45) is 0 Å². The van der Waals surface area contributed by atoms with Gasteiger partial charge in [-0.05, 0) is 50.2 Å². The van der Waals surface area contributed by atoms with Crippen molar-refractivity contribution >= 4 is 17.8 Å². The zero-order valence-electron chi connectivity index (χ0n) is 15.2. The minimum atomic E-state index is -0.417. The number of nitrogens with one attached hydrogen (secondary N) is 2. The number of aryl methyl sites for hydroxylation is 3. The van der Waals surface area contributed by atoms with E-state index in [2.05, 4.69) is 25.9 Å². The number of hydrogen-bond donors (Lipinski definition) is 2. The van der Waals surface area contributed by atoms with Crippen molar-refractivity contribution in [2.75, 3.05) is 12.4 Å². The first-order valence-electron chi connectivity index (χ1n) is 9.23. The summed E-state index contributed by atoms with van der Waals surface area (Å²) in [4.78, 5) is 24.4. The number of methoxy groups -OCH3 is 1. The summed E-state index contributed by atoms with van der Waals surface area (Å²) in [6.45, 7) is 0.908. The van der Waals surface area contributed by atoms with Gasteiger partial charge in [-0.25, -0.2) is 9.59 Å². The summed E-state index contributed by atoms with van der Waals surface area (Å²) in [6.07, 6.45) is 5.80. The lowest BCUT2D eigenvalue weighted by Gasteiger charge is -2.13. The van der Waals surface area contributed by atoms with Crippen molar-refractivity contribution in [3.63, 3.8) is 0 Å².